The molecule has 0 spiro atoms. The normalized spacial score (nSPS) is 14.9. The molecule has 0 aliphatic rings. The molecule has 1 aromatic rings. The highest BCUT2D eigenvalue weighted by atomic mass is 16.5. The fraction of sp³-hybridized carbons (Fsp3) is 0.667. The molecule has 4 nitrogen and oxygen atoms in total. The van der Waals surface area contributed by atoms with Crippen molar-refractivity contribution in [3.05, 3.63) is 24.2 Å². The first-order valence-corrected chi connectivity index (χ1v) is 5.53. The van der Waals surface area contributed by atoms with Crippen LogP contribution in [-0.4, -0.2) is 39.5 Å². The highest BCUT2D eigenvalue weighted by Crippen LogP contribution is 2.03. The molecule has 0 saturated heterocycles. The van der Waals surface area contributed by atoms with Gasteiger partial charge in [0.25, 0.3) is 0 Å². The van der Waals surface area contributed by atoms with Gasteiger partial charge in [-0.05, 0) is 19.1 Å². The molecule has 4 heteroatoms. The predicted molar refractivity (Wildman–Crippen MR) is 62.5 cm³/mol. The van der Waals surface area contributed by atoms with Crippen LogP contribution in [0.25, 0.3) is 0 Å². The quantitative estimate of drug-likeness (QED) is 0.730. The van der Waals surface area contributed by atoms with E-state index in [0.717, 1.165) is 18.7 Å². The molecular weight excluding hydrogens is 206 g/mol. The Kier molecular flexibility index (Phi) is 6.15. The lowest BCUT2D eigenvalue weighted by atomic mass is 10.2. The zero-order valence-electron chi connectivity index (χ0n) is 10.2. The molecule has 0 aliphatic heterocycles. The summed E-state index contributed by atoms with van der Waals surface area (Å²) in [5.41, 5.74) is 0. The highest BCUT2D eigenvalue weighted by molar-refractivity contribution is 4.99. The lowest BCUT2D eigenvalue weighted by Crippen LogP contribution is -2.37. The first-order chi connectivity index (χ1) is 7.76. The number of nitrogens with one attached hydrogen (secondary N) is 1. The summed E-state index contributed by atoms with van der Waals surface area (Å²) in [6.07, 6.45) is 2.69. The Morgan fingerprint density at radius 1 is 1.44 bits per heavy atom. The van der Waals surface area contributed by atoms with Gasteiger partial charge in [0, 0.05) is 33.2 Å². The van der Waals surface area contributed by atoms with E-state index < -0.39 is 0 Å². The topological polar surface area (TPSA) is 43.6 Å². The maximum absolute atomic E-state index is 5.29. The zero-order chi connectivity index (χ0) is 11.8. The van der Waals surface area contributed by atoms with E-state index in [4.69, 9.17) is 13.9 Å². The first kappa shape index (κ1) is 13.2. The third-order valence-corrected chi connectivity index (χ3v) is 2.47. The lowest BCUT2D eigenvalue weighted by Gasteiger charge is -2.18. The molecule has 0 amide bonds. The van der Waals surface area contributed by atoms with E-state index in [2.05, 4.69) is 12.2 Å². The van der Waals surface area contributed by atoms with Gasteiger partial charge in [-0.15, -0.1) is 0 Å². The third kappa shape index (κ3) is 4.79. The van der Waals surface area contributed by atoms with Crippen molar-refractivity contribution in [3.8, 4) is 0 Å². The van der Waals surface area contributed by atoms with E-state index in [9.17, 15) is 0 Å². The number of rotatable bonds is 8. The molecule has 0 fully saturated rings. The minimum absolute atomic E-state index is 0.101. The van der Waals surface area contributed by atoms with Crippen LogP contribution in [0.1, 0.15) is 12.7 Å². The van der Waals surface area contributed by atoms with E-state index in [1.165, 1.54) is 0 Å². The van der Waals surface area contributed by atoms with E-state index in [1.807, 2.05) is 12.1 Å². The Balaban J connectivity index is 2.21. The molecule has 1 aromatic heterocycles. The van der Waals surface area contributed by atoms with Crippen LogP contribution in [0.3, 0.4) is 0 Å². The fourth-order valence-electron chi connectivity index (χ4n) is 1.53. The SMILES string of the molecule is COCC(CNC(C)Cc1ccco1)OC. The summed E-state index contributed by atoms with van der Waals surface area (Å²) in [7, 11) is 3.38. The molecule has 1 heterocycles. The van der Waals surface area contributed by atoms with Crippen molar-refractivity contribution in [3.63, 3.8) is 0 Å². The molecule has 0 aliphatic carbocycles. The average Bonchev–Trinajstić information content (AvgIpc) is 2.76. The molecule has 2 atom stereocenters. The van der Waals surface area contributed by atoms with Crippen molar-refractivity contribution in [2.24, 2.45) is 0 Å². The molecule has 0 bridgehead atoms. The van der Waals surface area contributed by atoms with Gasteiger partial charge in [-0.1, -0.05) is 0 Å². The monoisotopic (exact) mass is 227 g/mol. The van der Waals surface area contributed by atoms with Crippen molar-refractivity contribution in [2.75, 3.05) is 27.4 Å². The van der Waals surface area contributed by atoms with Gasteiger partial charge in [-0.3, -0.25) is 0 Å². The van der Waals surface area contributed by atoms with Gasteiger partial charge in [-0.2, -0.15) is 0 Å². The summed E-state index contributed by atoms with van der Waals surface area (Å²) in [6, 6.07) is 4.26. The van der Waals surface area contributed by atoms with Crippen LogP contribution in [0.4, 0.5) is 0 Å². The van der Waals surface area contributed by atoms with Crippen LogP contribution < -0.4 is 5.32 Å². The predicted octanol–water partition coefficient (Wildman–Crippen LogP) is 1.46. The first-order valence-electron chi connectivity index (χ1n) is 5.53. The van der Waals surface area contributed by atoms with Crippen LogP contribution in [0.15, 0.2) is 22.8 Å². The van der Waals surface area contributed by atoms with Gasteiger partial charge < -0.3 is 19.2 Å². The molecule has 0 saturated carbocycles. The minimum atomic E-state index is 0.101. The van der Waals surface area contributed by atoms with Crippen LogP contribution in [0.5, 0.6) is 0 Å². The Morgan fingerprint density at radius 3 is 2.81 bits per heavy atom. The summed E-state index contributed by atoms with van der Waals surface area (Å²) >= 11 is 0. The van der Waals surface area contributed by atoms with Crippen LogP contribution in [0.2, 0.25) is 0 Å². The maximum Gasteiger partial charge on any atom is 0.105 e. The lowest BCUT2D eigenvalue weighted by molar-refractivity contribution is 0.0276. The molecule has 0 aromatic carbocycles. The smallest absolute Gasteiger partial charge is 0.105 e. The van der Waals surface area contributed by atoms with Crippen LogP contribution in [-0.2, 0) is 15.9 Å². The van der Waals surface area contributed by atoms with Gasteiger partial charge in [0.15, 0.2) is 0 Å². The standard InChI is InChI=1S/C12H21NO3/c1-10(7-11-5-4-6-16-11)13-8-12(15-3)9-14-2/h4-6,10,12-13H,7-9H2,1-3H3. The second-order valence-electron chi connectivity index (χ2n) is 3.91. The van der Waals surface area contributed by atoms with Gasteiger partial charge >= 0.3 is 0 Å². The third-order valence-electron chi connectivity index (χ3n) is 2.47. The average molecular weight is 227 g/mol. The van der Waals surface area contributed by atoms with Gasteiger partial charge in [0.05, 0.1) is 19.0 Å². The summed E-state index contributed by atoms with van der Waals surface area (Å²) in [5.74, 6) is 1.00. The Morgan fingerprint density at radius 2 is 2.25 bits per heavy atom. The number of hydrogen-bond donors (Lipinski definition) is 1. The van der Waals surface area contributed by atoms with Gasteiger partial charge in [-0.25, -0.2) is 0 Å². The summed E-state index contributed by atoms with van der Waals surface area (Å²) in [6.45, 7) is 3.52. The number of ether oxygens (including phenoxy) is 2. The zero-order valence-corrected chi connectivity index (χ0v) is 10.2. The van der Waals surface area contributed by atoms with E-state index in [-0.39, 0.29) is 6.10 Å². The largest absolute Gasteiger partial charge is 0.469 e. The van der Waals surface area contributed by atoms with E-state index >= 15 is 0 Å². The van der Waals surface area contributed by atoms with Gasteiger partial charge in [0.1, 0.15) is 5.76 Å². The number of furan rings is 1. The second kappa shape index (κ2) is 7.44. The Bertz CT molecular complexity index is 261. The highest BCUT2D eigenvalue weighted by Gasteiger charge is 2.10. The Hall–Kier alpha value is -0.840. The Labute approximate surface area is 96.9 Å². The number of methoxy groups -OCH3 is 2. The molecule has 1 rings (SSSR count). The van der Waals surface area contributed by atoms with Crippen molar-refractivity contribution in [2.45, 2.75) is 25.5 Å². The van der Waals surface area contributed by atoms with Crippen molar-refractivity contribution in [1.29, 1.82) is 0 Å². The van der Waals surface area contributed by atoms with E-state index in [1.54, 1.807) is 20.5 Å². The molecule has 0 radical (unpaired) electrons. The molecular formula is C12H21NO3. The maximum atomic E-state index is 5.29. The van der Waals surface area contributed by atoms with Crippen molar-refractivity contribution >= 4 is 0 Å². The fourth-order valence-corrected chi connectivity index (χ4v) is 1.53. The number of hydrogen-bond acceptors (Lipinski definition) is 4. The second-order valence-corrected chi connectivity index (χ2v) is 3.91. The van der Waals surface area contributed by atoms with Crippen LogP contribution >= 0.6 is 0 Å². The minimum Gasteiger partial charge on any atom is -0.469 e. The van der Waals surface area contributed by atoms with E-state index in [0.29, 0.717) is 12.6 Å². The van der Waals surface area contributed by atoms with Crippen molar-refractivity contribution in [1.82, 2.24) is 5.32 Å². The van der Waals surface area contributed by atoms with Crippen molar-refractivity contribution < 1.29 is 13.9 Å². The summed E-state index contributed by atoms with van der Waals surface area (Å²) in [5, 5.41) is 3.39. The molecule has 2 unspecified atom stereocenters. The summed E-state index contributed by atoms with van der Waals surface area (Å²) < 4.78 is 15.6. The van der Waals surface area contributed by atoms with Crippen LogP contribution in [0, 0.1) is 0 Å². The summed E-state index contributed by atoms with van der Waals surface area (Å²) in [4.78, 5) is 0. The molecule has 1 N–H and O–H groups in total. The molecule has 16 heavy (non-hydrogen) atoms. The molecule has 92 valence electrons. The van der Waals surface area contributed by atoms with Gasteiger partial charge in [0.2, 0.25) is 0 Å².